The molecule has 0 N–H and O–H groups in total. The van der Waals surface area contributed by atoms with Gasteiger partial charge in [0.05, 0.1) is 7.11 Å². The molecule has 0 aliphatic rings. The number of Topliss-reactive ketones (excluding diaryl/α,β-unsaturated/α-hetero) is 1. The van der Waals surface area contributed by atoms with Crippen LogP contribution in [-0.4, -0.2) is 25.3 Å². The van der Waals surface area contributed by atoms with Crippen molar-refractivity contribution in [1.29, 1.82) is 0 Å². The molecule has 0 aliphatic carbocycles. The van der Waals surface area contributed by atoms with Gasteiger partial charge in [-0.05, 0) is 30.3 Å². The van der Waals surface area contributed by atoms with Gasteiger partial charge in [0.1, 0.15) is 11.5 Å². The van der Waals surface area contributed by atoms with Gasteiger partial charge in [-0.1, -0.05) is 13.5 Å². The van der Waals surface area contributed by atoms with E-state index < -0.39 is 0 Å². The van der Waals surface area contributed by atoms with Gasteiger partial charge in [-0.2, -0.15) is 0 Å². The fourth-order valence-electron chi connectivity index (χ4n) is 1.65. The molecule has 1 aromatic rings. The van der Waals surface area contributed by atoms with Crippen LogP contribution in [0.2, 0.25) is 0 Å². The van der Waals surface area contributed by atoms with E-state index in [4.69, 9.17) is 4.74 Å². The molecule has 0 saturated carbocycles. The summed E-state index contributed by atoms with van der Waals surface area (Å²) in [4.78, 5) is 24.7. The number of ketones is 1. The molecule has 0 spiro atoms. The number of ether oxygens (including phenoxy) is 1. The van der Waals surface area contributed by atoms with Gasteiger partial charge in [0.25, 0.3) is 0 Å². The van der Waals surface area contributed by atoms with E-state index in [0.717, 1.165) is 11.4 Å². The SMILES string of the molecule is C=CC(=O)N(CCC(=O)CC)c1ccc(OC)cc1. The van der Waals surface area contributed by atoms with Crippen LogP contribution in [0.5, 0.6) is 5.75 Å². The zero-order chi connectivity index (χ0) is 14.3. The Morgan fingerprint density at radius 3 is 2.42 bits per heavy atom. The van der Waals surface area contributed by atoms with Crippen LogP contribution in [0.4, 0.5) is 5.69 Å². The highest BCUT2D eigenvalue weighted by Gasteiger charge is 2.14. The molecular weight excluding hydrogens is 242 g/mol. The summed E-state index contributed by atoms with van der Waals surface area (Å²) in [5.41, 5.74) is 0.731. The van der Waals surface area contributed by atoms with Gasteiger partial charge in [-0.3, -0.25) is 9.59 Å². The lowest BCUT2D eigenvalue weighted by Crippen LogP contribution is -2.31. The van der Waals surface area contributed by atoms with Crippen molar-refractivity contribution in [3.63, 3.8) is 0 Å². The van der Waals surface area contributed by atoms with Crippen LogP contribution in [-0.2, 0) is 9.59 Å². The molecular formula is C15H19NO3. The minimum absolute atomic E-state index is 0.135. The van der Waals surface area contributed by atoms with Crippen molar-refractivity contribution in [2.24, 2.45) is 0 Å². The maximum atomic E-state index is 11.8. The van der Waals surface area contributed by atoms with E-state index in [0.29, 0.717) is 19.4 Å². The van der Waals surface area contributed by atoms with Crippen LogP contribution < -0.4 is 9.64 Å². The van der Waals surface area contributed by atoms with Gasteiger partial charge < -0.3 is 9.64 Å². The van der Waals surface area contributed by atoms with Gasteiger partial charge in [0.15, 0.2) is 0 Å². The van der Waals surface area contributed by atoms with Crippen molar-refractivity contribution in [3.8, 4) is 5.75 Å². The molecule has 0 aliphatic heterocycles. The van der Waals surface area contributed by atoms with Crippen LogP contribution >= 0.6 is 0 Å². The Kier molecular flexibility index (Phi) is 5.79. The molecule has 19 heavy (non-hydrogen) atoms. The number of nitrogens with zero attached hydrogens (tertiary/aromatic N) is 1. The largest absolute Gasteiger partial charge is 0.497 e. The fraction of sp³-hybridized carbons (Fsp3) is 0.333. The highest BCUT2D eigenvalue weighted by Crippen LogP contribution is 2.20. The lowest BCUT2D eigenvalue weighted by Gasteiger charge is -2.21. The number of hydrogen-bond acceptors (Lipinski definition) is 3. The molecule has 0 fully saturated rings. The van der Waals surface area contributed by atoms with Gasteiger partial charge in [-0.25, -0.2) is 0 Å². The number of benzene rings is 1. The predicted octanol–water partition coefficient (Wildman–Crippen LogP) is 2.58. The van der Waals surface area contributed by atoms with Crippen molar-refractivity contribution >= 4 is 17.4 Å². The van der Waals surface area contributed by atoms with E-state index in [-0.39, 0.29) is 11.7 Å². The van der Waals surface area contributed by atoms with E-state index >= 15 is 0 Å². The Labute approximate surface area is 113 Å². The van der Waals surface area contributed by atoms with Crippen LogP contribution in [0.25, 0.3) is 0 Å². The summed E-state index contributed by atoms with van der Waals surface area (Å²) in [5, 5.41) is 0. The third-order valence-electron chi connectivity index (χ3n) is 2.83. The minimum atomic E-state index is -0.214. The molecule has 0 saturated heterocycles. The number of hydrogen-bond donors (Lipinski definition) is 0. The third kappa shape index (κ3) is 4.25. The topological polar surface area (TPSA) is 46.6 Å². The quantitative estimate of drug-likeness (QED) is 0.709. The molecule has 1 rings (SSSR count). The summed E-state index contributed by atoms with van der Waals surface area (Å²) in [6.07, 6.45) is 2.08. The fourth-order valence-corrected chi connectivity index (χ4v) is 1.65. The molecule has 0 aromatic heterocycles. The maximum Gasteiger partial charge on any atom is 0.250 e. The third-order valence-corrected chi connectivity index (χ3v) is 2.83. The first-order chi connectivity index (χ1) is 9.12. The van der Waals surface area contributed by atoms with E-state index in [1.165, 1.54) is 6.08 Å². The second-order valence-electron chi connectivity index (χ2n) is 4.03. The maximum absolute atomic E-state index is 11.8. The van der Waals surface area contributed by atoms with Crippen molar-refractivity contribution in [1.82, 2.24) is 0 Å². The average Bonchev–Trinajstić information content (AvgIpc) is 2.47. The Morgan fingerprint density at radius 1 is 1.32 bits per heavy atom. The van der Waals surface area contributed by atoms with Crippen molar-refractivity contribution in [2.75, 3.05) is 18.6 Å². The molecule has 4 nitrogen and oxygen atoms in total. The summed E-state index contributed by atoms with van der Waals surface area (Å²) >= 11 is 0. The molecule has 1 aromatic carbocycles. The lowest BCUT2D eigenvalue weighted by molar-refractivity contribution is -0.118. The van der Waals surface area contributed by atoms with Gasteiger partial charge in [-0.15, -0.1) is 0 Å². The summed E-state index contributed by atoms with van der Waals surface area (Å²) in [7, 11) is 1.58. The standard InChI is InChI=1S/C15H19NO3/c1-4-13(17)10-11-16(15(18)5-2)12-6-8-14(19-3)9-7-12/h5-9H,2,4,10-11H2,1,3H3. The predicted molar refractivity (Wildman–Crippen MR) is 75.5 cm³/mol. The molecule has 0 unspecified atom stereocenters. The number of anilines is 1. The van der Waals surface area contributed by atoms with Crippen molar-refractivity contribution in [3.05, 3.63) is 36.9 Å². The highest BCUT2D eigenvalue weighted by molar-refractivity contribution is 6.01. The molecule has 0 heterocycles. The van der Waals surface area contributed by atoms with Crippen LogP contribution in [0.3, 0.4) is 0 Å². The monoisotopic (exact) mass is 261 g/mol. The van der Waals surface area contributed by atoms with E-state index in [9.17, 15) is 9.59 Å². The van der Waals surface area contributed by atoms with Gasteiger partial charge in [0.2, 0.25) is 5.91 Å². The molecule has 0 atom stereocenters. The summed E-state index contributed by atoms with van der Waals surface area (Å²) in [5.74, 6) is 0.642. The van der Waals surface area contributed by atoms with E-state index in [1.807, 2.05) is 6.92 Å². The van der Waals surface area contributed by atoms with Crippen LogP contribution in [0.15, 0.2) is 36.9 Å². The molecule has 0 radical (unpaired) electrons. The first-order valence-electron chi connectivity index (χ1n) is 6.22. The molecule has 0 bridgehead atoms. The second-order valence-corrected chi connectivity index (χ2v) is 4.03. The Morgan fingerprint density at radius 2 is 1.95 bits per heavy atom. The molecule has 1 amide bonds. The van der Waals surface area contributed by atoms with Crippen molar-refractivity contribution < 1.29 is 14.3 Å². The first kappa shape index (κ1) is 15.0. The zero-order valence-electron chi connectivity index (χ0n) is 11.4. The molecule has 4 heteroatoms. The van der Waals surface area contributed by atoms with E-state index in [2.05, 4.69) is 6.58 Å². The second kappa shape index (κ2) is 7.36. The minimum Gasteiger partial charge on any atom is -0.497 e. The number of carbonyl (C=O) groups excluding carboxylic acids is 2. The summed E-state index contributed by atoms with van der Waals surface area (Å²) < 4.78 is 5.07. The van der Waals surface area contributed by atoms with Crippen molar-refractivity contribution in [2.45, 2.75) is 19.8 Å². The number of carbonyl (C=O) groups is 2. The lowest BCUT2D eigenvalue weighted by atomic mass is 10.2. The number of rotatable bonds is 7. The molecule has 102 valence electrons. The van der Waals surface area contributed by atoms with Gasteiger partial charge >= 0.3 is 0 Å². The smallest absolute Gasteiger partial charge is 0.250 e. The Hall–Kier alpha value is -2.10. The number of methoxy groups -OCH3 is 1. The highest BCUT2D eigenvalue weighted by atomic mass is 16.5. The zero-order valence-corrected chi connectivity index (χ0v) is 11.4. The Bertz CT molecular complexity index is 451. The summed E-state index contributed by atoms with van der Waals surface area (Å²) in [6.45, 7) is 5.67. The first-order valence-corrected chi connectivity index (χ1v) is 6.22. The van der Waals surface area contributed by atoms with Crippen LogP contribution in [0.1, 0.15) is 19.8 Å². The van der Waals surface area contributed by atoms with Crippen LogP contribution in [0, 0.1) is 0 Å². The number of amides is 1. The Balaban J connectivity index is 2.86. The van der Waals surface area contributed by atoms with E-state index in [1.54, 1.807) is 36.3 Å². The summed E-state index contributed by atoms with van der Waals surface area (Å²) in [6, 6.07) is 7.13. The normalized spacial score (nSPS) is 9.79. The average molecular weight is 261 g/mol. The van der Waals surface area contributed by atoms with Gasteiger partial charge in [0, 0.05) is 25.1 Å².